The van der Waals surface area contributed by atoms with Gasteiger partial charge in [0.25, 0.3) is 0 Å². The van der Waals surface area contributed by atoms with E-state index >= 15 is 0 Å². The van der Waals surface area contributed by atoms with E-state index in [1.165, 1.54) is 24.1 Å². The van der Waals surface area contributed by atoms with Gasteiger partial charge in [-0.15, -0.1) is 0 Å². The van der Waals surface area contributed by atoms with Gasteiger partial charge in [-0.25, -0.2) is 9.97 Å². The summed E-state index contributed by atoms with van der Waals surface area (Å²) in [6.45, 7) is 11.0. The molecular weight excluding hydrogens is 430 g/mol. The molecule has 9 nitrogen and oxygen atoms in total. The molecule has 0 unspecified atom stereocenters. The Morgan fingerprint density at radius 1 is 1.12 bits per heavy atom. The summed E-state index contributed by atoms with van der Waals surface area (Å²) in [4.78, 5) is 14.2. The summed E-state index contributed by atoms with van der Waals surface area (Å²) in [5.74, 6) is 0.591. The molecule has 0 spiro atoms. The standard InChI is InChI=1S/C25H33N7O2/c1-16-10-18-12-26-24(29-21-13-27-32(17(21)2)19-4-5-19)28-20(18)11-22(16)30-6-8-31(9-7-30)25(3)15-34-14-23(25)33/h10-13,19,23,33H,4-9,14-15H2,1-3H3,(H,26,28,29)/t23-,25+/m1/s1. The summed E-state index contributed by atoms with van der Waals surface area (Å²) in [5, 5.41) is 19.4. The predicted molar refractivity (Wildman–Crippen MR) is 132 cm³/mol. The largest absolute Gasteiger partial charge is 0.389 e. The minimum Gasteiger partial charge on any atom is -0.389 e. The lowest BCUT2D eigenvalue weighted by atomic mass is 9.95. The van der Waals surface area contributed by atoms with Crippen LogP contribution >= 0.6 is 0 Å². The first-order chi connectivity index (χ1) is 16.4. The summed E-state index contributed by atoms with van der Waals surface area (Å²) in [5.41, 5.74) is 5.16. The zero-order chi connectivity index (χ0) is 23.4. The monoisotopic (exact) mass is 463 g/mol. The molecule has 0 bridgehead atoms. The number of aliphatic hydroxyl groups is 1. The van der Waals surface area contributed by atoms with Crippen molar-refractivity contribution in [3.63, 3.8) is 0 Å². The topological polar surface area (TPSA) is 91.6 Å². The van der Waals surface area contributed by atoms with Crippen LogP contribution in [0.1, 0.15) is 37.1 Å². The lowest BCUT2D eigenvalue weighted by Crippen LogP contribution is -2.60. The smallest absolute Gasteiger partial charge is 0.227 e. The Balaban J connectivity index is 1.21. The predicted octanol–water partition coefficient (Wildman–Crippen LogP) is 2.79. The van der Waals surface area contributed by atoms with Gasteiger partial charge in [-0.3, -0.25) is 9.58 Å². The van der Waals surface area contributed by atoms with E-state index in [9.17, 15) is 5.11 Å². The van der Waals surface area contributed by atoms with Crippen molar-refractivity contribution in [2.45, 2.75) is 51.3 Å². The number of benzene rings is 1. The summed E-state index contributed by atoms with van der Waals surface area (Å²) in [6.07, 6.45) is 5.75. The van der Waals surface area contributed by atoms with E-state index in [1.54, 1.807) is 0 Å². The van der Waals surface area contributed by atoms with Crippen LogP contribution in [-0.2, 0) is 4.74 Å². The van der Waals surface area contributed by atoms with Gasteiger partial charge < -0.3 is 20.1 Å². The van der Waals surface area contributed by atoms with E-state index in [0.717, 1.165) is 48.5 Å². The van der Waals surface area contributed by atoms with E-state index in [4.69, 9.17) is 9.72 Å². The Kier molecular flexibility index (Phi) is 5.24. The number of anilines is 3. The Labute approximate surface area is 199 Å². The molecule has 3 aliphatic rings. The Bertz CT molecular complexity index is 1220. The van der Waals surface area contributed by atoms with Crippen molar-refractivity contribution in [3.8, 4) is 0 Å². The first-order valence-electron chi connectivity index (χ1n) is 12.3. The average molecular weight is 464 g/mol. The lowest BCUT2D eigenvalue weighted by molar-refractivity contribution is 0.00882. The Hall–Kier alpha value is -2.75. The van der Waals surface area contributed by atoms with Crippen molar-refractivity contribution in [1.29, 1.82) is 0 Å². The molecule has 2 atom stereocenters. The minimum absolute atomic E-state index is 0.288. The van der Waals surface area contributed by atoms with Crippen LogP contribution in [0.15, 0.2) is 24.5 Å². The number of rotatable bonds is 5. The van der Waals surface area contributed by atoms with Crippen LogP contribution in [0, 0.1) is 13.8 Å². The SMILES string of the molecule is Cc1cc2cnc(Nc3cnn(C4CC4)c3C)nc2cc1N1CCN([C@@]2(C)COC[C@H]2O)CC1. The third kappa shape index (κ3) is 3.72. The molecule has 4 heterocycles. The molecule has 9 heteroatoms. The number of aryl methyl sites for hydroxylation is 1. The van der Waals surface area contributed by atoms with Gasteiger partial charge in [0.2, 0.25) is 5.95 Å². The first kappa shape index (κ1) is 21.8. The summed E-state index contributed by atoms with van der Waals surface area (Å²) in [7, 11) is 0. The maximum absolute atomic E-state index is 10.4. The fourth-order valence-electron chi connectivity index (χ4n) is 5.35. The van der Waals surface area contributed by atoms with Crippen molar-refractivity contribution in [1.82, 2.24) is 24.6 Å². The zero-order valence-electron chi connectivity index (χ0n) is 20.2. The molecule has 0 amide bonds. The van der Waals surface area contributed by atoms with Gasteiger partial charge in [0.15, 0.2) is 0 Å². The van der Waals surface area contributed by atoms with Crippen LogP contribution in [0.2, 0.25) is 0 Å². The van der Waals surface area contributed by atoms with Gasteiger partial charge in [0.1, 0.15) is 0 Å². The Morgan fingerprint density at radius 3 is 2.62 bits per heavy atom. The van der Waals surface area contributed by atoms with E-state index in [0.29, 0.717) is 25.2 Å². The second-order valence-electron chi connectivity index (χ2n) is 10.2. The fourth-order valence-corrected chi connectivity index (χ4v) is 5.35. The van der Waals surface area contributed by atoms with E-state index in [2.05, 4.69) is 62.8 Å². The highest BCUT2D eigenvalue weighted by Gasteiger charge is 2.44. The van der Waals surface area contributed by atoms with Crippen molar-refractivity contribution >= 4 is 28.2 Å². The molecule has 2 saturated heterocycles. The summed E-state index contributed by atoms with van der Waals surface area (Å²) < 4.78 is 7.65. The number of nitrogens with zero attached hydrogens (tertiary/aromatic N) is 6. The number of hydrogen-bond acceptors (Lipinski definition) is 8. The van der Waals surface area contributed by atoms with Crippen LogP contribution in [-0.4, -0.2) is 80.8 Å². The normalized spacial score (nSPS) is 25.9. The third-order valence-electron chi connectivity index (χ3n) is 7.81. The summed E-state index contributed by atoms with van der Waals surface area (Å²) >= 11 is 0. The molecule has 0 radical (unpaired) electrons. The molecule has 2 N–H and O–H groups in total. The highest BCUT2D eigenvalue weighted by atomic mass is 16.5. The van der Waals surface area contributed by atoms with Gasteiger partial charge in [-0.05, 0) is 51.3 Å². The number of hydrogen-bond donors (Lipinski definition) is 2. The molecule has 1 saturated carbocycles. The molecule has 1 aliphatic carbocycles. The van der Waals surface area contributed by atoms with Gasteiger partial charge >= 0.3 is 0 Å². The van der Waals surface area contributed by atoms with Crippen molar-refractivity contribution in [2.24, 2.45) is 0 Å². The number of piperazine rings is 1. The number of fused-ring (bicyclic) bond motifs is 1. The number of aliphatic hydroxyl groups excluding tert-OH is 1. The fraction of sp³-hybridized carbons (Fsp3) is 0.560. The van der Waals surface area contributed by atoms with Crippen molar-refractivity contribution in [3.05, 3.63) is 35.8 Å². The van der Waals surface area contributed by atoms with Gasteiger partial charge in [0.05, 0.1) is 54.0 Å². The highest BCUT2D eigenvalue weighted by molar-refractivity contribution is 5.84. The molecule has 2 aromatic heterocycles. The minimum atomic E-state index is -0.427. The maximum Gasteiger partial charge on any atom is 0.227 e. The highest BCUT2D eigenvalue weighted by Crippen LogP contribution is 2.37. The van der Waals surface area contributed by atoms with Crippen LogP contribution in [0.4, 0.5) is 17.3 Å². The molecule has 1 aromatic carbocycles. The number of nitrogens with one attached hydrogen (secondary N) is 1. The molecule has 180 valence electrons. The van der Waals surface area contributed by atoms with Crippen molar-refractivity contribution in [2.75, 3.05) is 49.6 Å². The van der Waals surface area contributed by atoms with Crippen LogP contribution in [0.25, 0.3) is 10.9 Å². The molecule has 34 heavy (non-hydrogen) atoms. The van der Waals surface area contributed by atoms with Gasteiger partial charge in [0, 0.05) is 43.4 Å². The maximum atomic E-state index is 10.4. The molecule has 3 fully saturated rings. The number of aromatic nitrogens is 4. The summed E-state index contributed by atoms with van der Waals surface area (Å²) in [6, 6.07) is 4.90. The third-order valence-corrected chi connectivity index (χ3v) is 7.81. The molecule has 6 rings (SSSR count). The molecule has 2 aliphatic heterocycles. The van der Waals surface area contributed by atoms with Gasteiger partial charge in [-0.1, -0.05) is 0 Å². The quantitative estimate of drug-likeness (QED) is 0.597. The average Bonchev–Trinajstić information content (AvgIpc) is 3.54. The lowest BCUT2D eigenvalue weighted by Gasteiger charge is -2.45. The zero-order valence-corrected chi connectivity index (χ0v) is 20.2. The van der Waals surface area contributed by atoms with Crippen molar-refractivity contribution < 1.29 is 9.84 Å². The van der Waals surface area contributed by atoms with E-state index in [-0.39, 0.29) is 5.54 Å². The van der Waals surface area contributed by atoms with Crippen LogP contribution in [0.3, 0.4) is 0 Å². The van der Waals surface area contributed by atoms with E-state index in [1.807, 2.05) is 12.4 Å². The van der Waals surface area contributed by atoms with Gasteiger partial charge in [-0.2, -0.15) is 5.10 Å². The first-order valence-corrected chi connectivity index (χ1v) is 12.3. The Morgan fingerprint density at radius 2 is 1.91 bits per heavy atom. The number of ether oxygens (including phenoxy) is 1. The molecular formula is C25H33N7O2. The molecule has 3 aromatic rings. The van der Waals surface area contributed by atoms with Crippen LogP contribution in [0.5, 0.6) is 0 Å². The second-order valence-corrected chi connectivity index (χ2v) is 10.2. The van der Waals surface area contributed by atoms with E-state index < -0.39 is 6.10 Å². The second kappa shape index (κ2) is 8.18. The van der Waals surface area contributed by atoms with Crippen LogP contribution < -0.4 is 10.2 Å².